The normalized spacial score (nSPS) is 21.3. The van der Waals surface area contributed by atoms with Crippen LogP contribution >= 0.6 is 0 Å². The molecule has 126 valence electrons. The number of halogens is 2. The molecule has 1 aliphatic rings. The largest absolute Gasteiger partial charge is 0.256 e. The van der Waals surface area contributed by atoms with Gasteiger partial charge in [0.15, 0.2) is 11.6 Å². The zero-order valence-corrected chi connectivity index (χ0v) is 14.0. The van der Waals surface area contributed by atoms with Gasteiger partial charge in [-0.3, -0.25) is 4.98 Å². The smallest absolute Gasteiger partial charge is 0.159 e. The summed E-state index contributed by atoms with van der Waals surface area (Å²) in [5.41, 5.74) is 2.53. The van der Waals surface area contributed by atoms with Crippen molar-refractivity contribution in [3.8, 4) is 11.3 Å². The molecular weight excluding hydrogens is 304 g/mol. The number of benzene rings is 1. The van der Waals surface area contributed by atoms with Gasteiger partial charge in [0, 0.05) is 11.8 Å². The van der Waals surface area contributed by atoms with Crippen LogP contribution in [0.25, 0.3) is 11.3 Å². The Balaban J connectivity index is 1.67. The molecule has 3 heteroatoms. The first-order valence-electron chi connectivity index (χ1n) is 8.75. The van der Waals surface area contributed by atoms with Crippen molar-refractivity contribution >= 4 is 0 Å². The maximum absolute atomic E-state index is 13.4. The third-order valence-corrected chi connectivity index (χ3v) is 4.89. The van der Waals surface area contributed by atoms with Crippen LogP contribution in [0.4, 0.5) is 8.78 Å². The highest BCUT2D eigenvalue weighted by atomic mass is 19.2. The van der Waals surface area contributed by atoms with Crippen LogP contribution in [0.2, 0.25) is 0 Å². The number of pyridine rings is 1. The Labute approximate surface area is 142 Å². The van der Waals surface area contributed by atoms with Crippen LogP contribution in [0.3, 0.4) is 0 Å². The van der Waals surface area contributed by atoms with E-state index in [1.807, 2.05) is 12.3 Å². The van der Waals surface area contributed by atoms with Gasteiger partial charge in [-0.05, 0) is 73.8 Å². The van der Waals surface area contributed by atoms with E-state index >= 15 is 0 Å². The molecule has 1 saturated carbocycles. The van der Waals surface area contributed by atoms with E-state index in [-0.39, 0.29) is 0 Å². The average molecular weight is 327 g/mol. The first kappa shape index (κ1) is 16.8. The van der Waals surface area contributed by atoms with Crippen LogP contribution in [0.15, 0.2) is 48.7 Å². The van der Waals surface area contributed by atoms with Gasteiger partial charge in [-0.1, -0.05) is 25.1 Å². The lowest BCUT2D eigenvalue weighted by molar-refractivity contribution is 0.375. The minimum Gasteiger partial charge on any atom is -0.256 e. The number of allylic oxidation sites excluding steroid dienone is 2. The highest BCUT2D eigenvalue weighted by molar-refractivity contribution is 5.59. The second kappa shape index (κ2) is 7.69. The number of hydrogen-bond donors (Lipinski definition) is 0. The van der Waals surface area contributed by atoms with Crippen molar-refractivity contribution in [2.45, 2.75) is 44.9 Å². The number of nitrogens with zero attached hydrogens (tertiary/aromatic N) is 1. The van der Waals surface area contributed by atoms with Crippen molar-refractivity contribution in [2.24, 2.45) is 5.92 Å². The maximum Gasteiger partial charge on any atom is 0.159 e. The summed E-state index contributed by atoms with van der Waals surface area (Å²) in [4.78, 5) is 4.46. The van der Waals surface area contributed by atoms with Crippen LogP contribution < -0.4 is 0 Å². The highest BCUT2D eigenvalue weighted by Crippen LogP contribution is 2.36. The fourth-order valence-electron chi connectivity index (χ4n) is 3.45. The van der Waals surface area contributed by atoms with Crippen LogP contribution in [-0.4, -0.2) is 4.98 Å². The zero-order valence-electron chi connectivity index (χ0n) is 14.0. The summed E-state index contributed by atoms with van der Waals surface area (Å²) >= 11 is 0. The van der Waals surface area contributed by atoms with E-state index in [2.05, 4.69) is 30.1 Å². The number of aromatic nitrogens is 1. The second-order valence-corrected chi connectivity index (χ2v) is 6.55. The lowest BCUT2D eigenvalue weighted by Crippen LogP contribution is -2.12. The Kier molecular flexibility index (Phi) is 5.39. The quantitative estimate of drug-likeness (QED) is 0.603. The van der Waals surface area contributed by atoms with Gasteiger partial charge in [0.2, 0.25) is 0 Å². The van der Waals surface area contributed by atoms with Crippen LogP contribution in [0, 0.1) is 17.6 Å². The minimum absolute atomic E-state index is 0.558. The molecule has 3 rings (SSSR count). The van der Waals surface area contributed by atoms with Crippen molar-refractivity contribution < 1.29 is 8.78 Å². The molecule has 0 aliphatic heterocycles. The summed E-state index contributed by atoms with van der Waals surface area (Å²) in [5.74, 6) is -0.389. The predicted molar refractivity (Wildman–Crippen MR) is 93.7 cm³/mol. The van der Waals surface area contributed by atoms with E-state index in [1.54, 1.807) is 6.07 Å². The van der Waals surface area contributed by atoms with Crippen LogP contribution in [0.5, 0.6) is 0 Å². The molecule has 0 spiro atoms. The lowest BCUT2D eigenvalue weighted by Gasteiger charge is -2.27. The van der Waals surface area contributed by atoms with Crippen molar-refractivity contribution in [1.29, 1.82) is 0 Å². The van der Waals surface area contributed by atoms with Gasteiger partial charge in [-0.2, -0.15) is 0 Å². The predicted octanol–water partition coefficient (Wildman–Crippen LogP) is 6.27. The molecule has 1 aliphatic carbocycles. The Hall–Kier alpha value is -2.03. The molecule has 0 N–H and O–H groups in total. The van der Waals surface area contributed by atoms with Crippen molar-refractivity contribution in [3.63, 3.8) is 0 Å². The molecule has 24 heavy (non-hydrogen) atoms. The lowest BCUT2D eigenvalue weighted by atomic mass is 9.79. The first-order valence-corrected chi connectivity index (χ1v) is 8.75. The van der Waals surface area contributed by atoms with E-state index in [4.69, 9.17) is 0 Å². The molecule has 0 unspecified atom stereocenters. The molecule has 1 fully saturated rings. The molecule has 1 heterocycles. The topological polar surface area (TPSA) is 12.9 Å². The van der Waals surface area contributed by atoms with Crippen molar-refractivity contribution in [3.05, 3.63) is 65.9 Å². The fourth-order valence-corrected chi connectivity index (χ4v) is 3.45. The molecular formula is C21H23F2N. The van der Waals surface area contributed by atoms with Crippen molar-refractivity contribution in [1.82, 2.24) is 4.98 Å². The van der Waals surface area contributed by atoms with Gasteiger partial charge in [0.05, 0.1) is 5.69 Å². The molecule has 0 amide bonds. The summed E-state index contributed by atoms with van der Waals surface area (Å²) < 4.78 is 26.4. The van der Waals surface area contributed by atoms with Gasteiger partial charge in [0.25, 0.3) is 0 Å². The molecule has 0 atom stereocenters. The Morgan fingerprint density at radius 2 is 1.83 bits per heavy atom. The molecule has 0 radical (unpaired) electrons. The van der Waals surface area contributed by atoms with Gasteiger partial charge in [-0.25, -0.2) is 8.78 Å². The molecule has 0 saturated heterocycles. The third kappa shape index (κ3) is 3.89. The van der Waals surface area contributed by atoms with E-state index in [1.165, 1.54) is 37.3 Å². The Bertz CT molecular complexity index is 698. The number of rotatable bonds is 4. The summed E-state index contributed by atoms with van der Waals surface area (Å²) in [7, 11) is 0. The van der Waals surface area contributed by atoms with Crippen LogP contribution in [-0.2, 0) is 0 Å². The first-order chi connectivity index (χ1) is 11.7. The Morgan fingerprint density at radius 3 is 2.46 bits per heavy atom. The van der Waals surface area contributed by atoms with Gasteiger partial charge in [-0.15, -0.1) is 0 Å². The zero-order chi connectivity index (χ0) is 16.9. The minimum atomic E-state index is -0.836. The van der Waals surface area contributed by atoms with Crippen LogP contribution in [0.1, 0.15) is 50.5 Å². The summed E-state index contributed by atoms with van der Waals surface area (Å²) in [6.45, 7) is 2.17. The summed E-state index contributed by atoms with van der Waals surface area (Å²) in [6.07, 6.45) is 12.5. The van der Waals surface area contributed by atoms with E-state index < -0.39 is 11.6 Å². The second-order valence-electron chi connectivity index (χ2n) is 6.55. The van der Waals surface area contributed by atoms with E-state index in [0.717, 1.165) is 18.4 Å². The monoisotopic (exact) mass is 327 g/mol. The highest BCUT2D eigenvalue weighted by Gasteiger charge is 2.21. The molecule has 1 nitrogen and oxygen atoms in total. The standard InChI is InChI=1S/C21H23F2N/c1-2-3-4-15-5-7-16(8-6-15)18-10-12-21(24-14-18)17-9-11-19(22)20(23)13-17/h3-4,9-16H,2,5-8H2,1H3/t15-,16-. The fraction of sp³-hybridized carbons (Fsp3) is 0.381. The SMILES string of the molecule is CCC=C[C@H]1CC[C@H](c2ccc(-c3ccc(F)c(F)c3)nc2)CC1. The molecule has 1 aromatic carbocycles. The Morgan fingerprint density at radius 1 is 1.04 bits per heavy atom. The summed E-state index contributed by atoms with van der Waals surface area (Å²) in [5, 5.41) is 0. The van der Waals surface area contributed by atoms with Gasteiger partial charge in [0.1, 0.15) is 0 Å². The van der Waals surface area contributed by atoms with E-state index in [9.17, 15) is 8.78 Å². The molecule has 1 aromatic heterocycles. The summed E-state index contributed by atoms with van der Waals surface area (Å²) in [6, 6.07) is 7.89. The maximum atomic E-state index is 13.4. The molecule has 2 aromatic rings. The van der Waals surface area contributed by atoms with Gasteiger partial charge >= 0.3 is 0 Å². The number of hydrogen-bond acceptors (Lipinski definition) is 1. The average Bonchev–Trinajstić information content (AvgIpc) is 2.63. The molecule has 0 bridgehead atoms. The van der Waals surface area contributed by atoms with E-state index in [0.29, 0.717) is 17.2 Å². The van der Waals surface area contributed by atoms with Crippen molar-refractivity contribution in [2.75, 3.05) is 0 Å². The van der Waals surface area contributed by atoms with Gasteiger partial charge < -0.3 is 0 Å². The third-order valence-electron chi connectivity index (χ3n) is 4.89.